The highest BCUT2D eigenvalue weighted by Gasteiger charge is 2.18. The van der Waals surface area contributed by atoms with Crippen LogP contribution in [0.5, 0.6) is 0 Å². The summed E-state index contributed by atoms with van der Waals surface area (Å²) in [6, 6.07) is 9.46. The van der Waals surface area contributed by atoms with Gasteiger partial charge in [0.2, 0.25) is 5.91 Å². The Kier molecular flexibility index (Phi) is 4.40. The Hall–Kier alpha value is -2.02. The van der Waals surface area contributed by atoms with E-state index in [0.717, 1.165) is 31.6 Å². The number of anilines is 1. The van der Waals surface area contributed by atoms with Crippen LogP contribution in [0.4, 0.5) is 5.69 Å². The lowest BCUT2D eigenvalue weighted by Crippen LogP contribution is -2.41. The zero-order valence-electron chi connectivity index (χ0n) is 11.3. The zero-order valence-corrected chi connectivity index (χ0v) is 11.3. The van der Waals surface area contributed by atoms with Crippen molar-refractivity contribution in [1.82, 2.24) is 4.90 Å². The minimum absolute atomic E-state index is 0.171. The number of hydrogen-bond acceptors (Lipinski definition) is 3. The van der Waals surface area contributed by atoms with Crippen molar-refractivity contribution in [3.63, 3.8) is 0 Å². The third-order valence-electron chi connectivity index (χ3n) is 3.50. The molecule has 1 heterocycles. The molecule has 1 amide bonds. The van der Waals surface area contributed by atoms with E-state index in [2.05, 4.69) is 6.07 Å². The molecule has 100 valence electrons. The number of nitrogens with zero attached hydrogens (tertiary/aromatic N) is 3. The van der Waals surface area contributed by atoms with E-state index in [1.54, 1.807) is 6.07 Å². The summed E-state index contributed by atoms with van der Waals surface area (Å²) in [5, 5.41) is 8.89. The van der Waals surface area contributed by atoms with Crippen LogP contribution in [0.3, 0.4) is 0 Å². The van der Waals surface area contributed by atoms with Gasteiger partial charge < -0.3 is 9.80 Å². The number of benzene rings is 1. The first kappa shape index (κ1) is 13.4. The van der Waals surface area contributed by atoms with Gasteiger partial charge in [0.05, 0.1) is 18.2 Å². The quantitative estimate of drug-likeness (QED) is 0.832. The third kappa shape index (κ3) is 3.47. The summed E-state index contributed by atoms with van der Waals surface area (Å²) in [6.07, 6.45) is 3.45. The SMILES string of the molecule is CN(CC(=O)N1CCCCC1)c1cccc(C#N)c1. The summed E-state index contributed by atoms with van der Waals surface area (Å²) in [6.45, 7) is 2.13. The second-order valence-electron chi connectivity index (χ2n) is 4.96. The molecule has 1 saturated heterocycles. The van der Waals surface area contributed by atoms with E-state index >= 15 is 0 Å². The van der Waals surface area contributed by atoms with Crippen molar-refractivity contribution in [3.05, 3.63) is 29.8 Å². The lowest BCUT2D eigenvalue weighted by molar-refractivity contribution is -0.130. The van der Waals surface area contributed by atoms with Crippen LogP contribution in [0.1, 0.15) is 24.8 Å². The predicted octanol–water partition coefficient (Wildman–Crippen LogP) is 2.01. The Labute approximate surface area is 114 Å². The first-order valence-electron chi connectivity index (χ1n) is 6.70. The van der Waals surface area contributed by atoms with Crippen molar-refractivity contribution in [2.45, 2.75) is 19.3 Å². The molecule has 0 unspecified atom stereocenters. The molecular formula is C15H19N3O. The number of hydrogen-bond donors (Lipinski definition) is 0. The number of likely N-dealkylation sites (N-methyl/N-ethyl adjacent to an activating group) is 1. The van der Waals surface area contributed by atoms with E-state index in [9.17, 15) is 4.79 Å². The van der Waals surface area contributed by atoms with Crippen LogP contribution in [-0.4, -0.2) is 37.5 Å². The molecule has 1 aliphatic heterocycles. The average Bonchev–Trinajstić information content (AvgIpc) is 2.48. The Morgan fingerprint density at radius 1 is 1.37 bits per heavy atom. The molecule has 0 radical (unpaired) electrons. The molecular weight excluding hydrogens is 238 g/mol. The van der Waals surface area contributed by atoms with Gasteiger partial charge in [-0.05, 0) is 37.5 Å². The lowest BCUT2D eigenvalue weighted by Gasteiger charge is -2.29. The molecule has 4 nitrogen and oxygen atoms in total. The van der Waals surface area contributed by atoms with Gasteiger partial charge >= 0.3 is 0 Å². The van der Waals surface area contributed by atoms with Crippen LogP contribution in [0.15, 0.2) is 24.3 Å². The largest absolute Gasteiger partial charge is 0.365 e. The maximum atomic E-state index is 12.2. The van der Waals surface area contributed by atoms with Crippen molar-refractivity contribution in [3.8, 4) is 6.07 Å². The standard InChI is InChI=1S/C15H19N3O/c1-17(14-7-5-6-13(10-14)11-16)12-15(19)18-8-3-2-4-9-18/h5-7,10H,2-4,8-9,12H2,1H3. The minimum Gasteiger partial charge on any atom is -0.365 e. The molecule has 0 bridgehead atoms. The molecule has 0 aliphatic carbocycles. The number of carbonyl (C=O) groups is 1. The first-order chi connectivity index (χ1) is 9.20. The Morgan fingerprint density at radius 2 is 2.11 bits per heavy atom. The van der Waals surface area contributed by atoms with E-state index in [1.807, 2.05) is 35.0 Å². The van der Waals surface area contributed by atoms with Crippen molar-refractivity contribution < 1.29 is 4.79 Å². The monoisotopic (exact) mass is 257 g/mol. The molecule has 0 spiro atoms. The van der Waals surface area contributed by atoms with Gasteiger partial charge in [0, 0.05) is 25.8 Å². The summed E-state index contributed by atoms with van der Waals surface area (Å²) in [5.41, 5.74) is 1.53. The zero-order chi connectivity index (χ0) is 13.7. The molecule has 2 rings (SSSR count). The van der Waals surface area contributed by atoms with Gasteiger partial charge in [0.25, 0.3) is 0 Å². The van der Waals surface area contributed by atoms with E-state index in [1.165, 1.54) is 6.42 Å². The van der Waals surface area contributed by atoms with Crippen LogP contribution in [0.2, 0.25) is 0 Å². The summed E-state index contributed by atoms with van der Waals surface area (Å²) in [7, 11) is 1.89. The average molecular weight is 257 g/mol. The topological polar surface area (TPSA) is 47.3 Å². The van der Waals surface area contributed by atoms with E-state index in [-0.39, 0.29) is 5.91 Å². The molecule has 0 atom stereocenters. The van der Waals surface area contributed by atoms with E-state index < -0.39 is 0 Å². The Bertz CT molecular complexity index is 486. The molecule has 1 aromatic carbocycles. The number of carbonyl (C=O) groups excluding carboxylic acids is 1. The number of amides is 1. The maximum Gasteiger partial charge on any atom is 0.242 e. The van der Waals surface area contributed by atoms with Crippen molar-refractivity contribution in [2.24, 2.45) is 0 Å². The molecule has 1 aromatic rings. The lowest BCUT2D eigenvalue weighted by atomic mass is 10.1. The van der Waals surface area contributed by atoms with Gasteiger partial charge in [-0.2, -0.15) is 5.26 Å². The van der Waals surface area contributed by atoms with Crippen LogP contribution in [-0.2, 0) is 4.79 Å². The molecule has 0 N–H and O–H groups in total. The normalized spacial score (nSPS) is 14.8. The number of rotatable bonds is 3. The molecule has 1 aliphatic rings. The van der Waals surface area contributed by atoms with Crippen LogP contribution in [0, 0.1) is 11.3 Å². The van der Waals surface area contributed by atoms with E-state index in [0.29, 0.717) is 12.1 Å². The highest BCUT2D eigenvalue weighted by Crippen LogP contribution is 2.15. The van der Waals surface area contributed by atoms with Gasteiger partial charge in [-0.25, -0.2) is 0 Å². The Balaban J connectivity index is 1.97. The van der Waals surface area contributed by atoms with Crippen molar-refractivity contribution in [2.75, 3.05) is 31.6 Å². The van der Waals surface area contributed by atoms with Gasteiger partial charge in [0.15, 0.2) is 0 Å². The van der Waals surface area contributed by atoms with Crippen LogP contribution in [0.25, 0.3) is 0 Å². The highest BCUT2D eigenvalue weighted by atomic mass is 16.2. The van der Waals surface area contributed by atoms with Crippen molar-refractivity contribution >= 4 is 11.6 Å². The van der Waals surface area contributed by atoms with Crippen LogP contribution >= 0.6 is 0 Å². The summed E-state index contributed by atoms with van der Waals surface area (Å²) in [5.74, 6) is 0.171. The summed E-state index contributed by atoms with van der Waals surface area (Å²) < 4.78 is 0. The second-order valence-corrected chi connectivity index (χ2v) is 4.96. The molecule has 19 heavy (non-hydrogen) atoms. The van der Waals surface area contributed by atoms with Crippen molar-refractivity contribution in [1.29, 1.82) is 5.26 Å². The van der Waals surface area contributed by atoms with Crippen LogP contribution < -0.4 is 4.90 Å². The molecule has 0 saturated carbocycles. The number of piperidine rings is 1. The molecule has 1 fully saturated rings. The molecule has 4 heteroatoms. The van der Waals surface area contributed by atoms with Gasteiger partial charge in [0.1, 0.15) is 0 Å². The smallest absolute Gasteiger partial charge is 0.242 e. The minimum atomic E-state index is 0.171. The molecule has 0 aromatic heterocycles. The summed E-state index contributed by atoms with van der Waals surface area (Å²) in [4.78, 5) is 16.0. The fourth-order valence-electron chi connectivity index (χ4n) is 2.35. The van der Waals surface area contributed by atoms with Gasteiger partial charge in [-0.15, -0.1) is 0 Å². The number of nitriles is 1. The maximum absolute atomic E-state index is 12.2. The predicted molar refractivity (Wildman–Crippen MR) is 74.9 cm³/mol. The number of likely N-dealkylation sites (tertiary alicyclic amines) is 1. The summed E-state index contributed by atoms with van der Waals surface area (Å²) >= 11 is 0. The third-order valence-corrected chi connectivity index (χ3v) is 3.50. The second kappa shape index (κ2) is 6.24. The van der Waals surface area contributed by atoms with E-state index in [4.69, 9.17) is 5.26 Å². The first-order valence-corrected chi connectivity index (χ1v) is 6.70. The van der Waals surface area contributed by atoms with Gasteiger partial charge in [-0.1, -0.05) is 6.07 Å². The fourth-order valence-corrected chi connectivity index (χ4v) is 2.35. The highest BCUT2D eigenvalue weighted by molar-refractivity contribution is 5.81. The Morgan fingerprint density at radius 3 is 2.79 bits per heavy atom. The van der Waals surface area contributed by atoms with Gasteiger partial charge in [-0.3, -0.25) is 4.79 Å². The fraction of sp³-hybridized carbons (Fsp3) is 0.467.